The molecule has 2 atom stereocenters. The van der Waals surface area contributed by atoms with Crippen molar-refractivity contribution >= 4 is 0 Å². The highest BCUT2D eigenvalue weighted by molar-refractivity contribution is 5.40. The summed E-state index contributed by atoms with van der Waals surface area (Å²) in [4.78, 5) is 0. The van der Waals surface area contributed by atoms with Crippen LogP contribution in [0.2, 0.25) is 0 Å². The van der Waals surface area contributed by atoms with Crippen molar-refractivity contribution in [1.82, 2.24) is 5.32 Å². The Morgan fingerprint density at radius 1 is 0.850 bits per heavy atom. The van der Waals surface area contributed by atoms with E-state index in [0.717, 1.165) is 12.4 Å². The number of hydrogen-bond acceptors (Lipinski definition) is 3. The fraction of sp³-hybridized carbons (Fsp3) is 0.294. The molecule has 4 rings (SSSR count). The molecule has 1 N–H and O–H groups in total. The van der Waals surface area contributed by atoms with Gasteiger partial charge in [-0.15, -0.1) is 0 Å². The van der Waals surface area contributed by atoms with E-state index in [1.807, 2.05) is 12.1 Å². The Hall–Kier alpha value is -1.84. The average molecular weight is 267 g/mol. The first-order valence-electron chi connectivity index (χ1n) is 7.05. The Balaban J connectivity index is 1.59. The van der Waals surface area contributed by atoms with Crippen LogP contribution in [-0.2, 0) is 11.3 Å². The van der Waals surface area contributed by atoms with Crippen molar-refractivity contribution in [3.8, 4) is 5.75 Å². The maximum atomic E-state index is 5.74. The number of nitrogens with one attached hydrogen (secondary N) is 1. The molecule has 0 radical (unpaired) electrons. The molecular weight excluding hydrogens is 250 g/mol. The van der Waals surface area contributed by atoms with E-state index in [-0.39, 0.29) is 12.1 Å². The molecule has 3 heteroatoms. The first-order valence-corrected chi connectivity index (χ1v) is 7.05. The van der Waals surface area contributed by atoms with Crippen LogP contribution in [0.25, 0.3) is 0 Å². The van der Waals surface area contributed by atoms with Crippen LogP contribution in [0.1, 0.15) is 28.8 Å². The van der Waals surface area contributed by atoms with Crippen molar-refractivity contribution < 1.29 is 9.47 Å². The number of rotatable bonds is 2. The van der Waals surface area contributed by atoms with E-state index in [2.05, 4.69) is 41.7 Å². The van der Waals surface area contributed by atoms with E-state index >= 15 is 0 Å². The Bertz CT molecular complexity index is 626. The van der Waals surface area contributed by atoms with Crippen molar-refractivity contribution in [2.24, 2.45) is 0 Å². The monoisotopic (exact) mass is 267 g/mol. The molecule has 3 nitrogen and oxygen atoms in total. The third kappa shape index (κ3) is 1.99. The second kappa shape index (κ2) is 4.93. The summed E-state index contributed by atoms with van der Waals surface area (Å²) in [6.07, 6.45) is 0. The minimum atomic E-state index is 0.236. The summed E-state index contributed by atoms with van der Waals surface area (Å²) in [5.41, 5.74) is 3.88. The van der Waals surface area contributed by atoms with Gasteiger partial charge in [0.2, 0.25) is 0 Å². The van der Waals surface area contributed by atoms with Gasteiger partial charge in [-0.05, 0) is 17.2 Å². The lowest BCUT2D eigenvalue weighted by Gasteiger charge is -2.28. The molecule has 0 saturated carbocycles. The standard InChI is InChI=1S/C17H17NO2/c1-2-6-13-12(5-1)9-19-10-15(13)18-16-11-20-17-8-4-3-7-14(16)17/h1-8,15-16,18H,9-11H2. The largest absolute Gasteiger partial charge is 0.491 e. The van der Waals surface area contributed by atoms with E-state index in [4.69, 9.17) is 9.47 Å². The van der Waals surface area contributed by atoms with Crippen molar-refractivity contribution in [1.29, 1.82) is 0 Å². The van der Waals surface area contributed by atoms with E-state index < -0.39 is 0 Å². The molecule has 0 amide bonds. The Kier molecular flexibility index (Phi) is 2.94. The number of benzene rings is 2. The Labute approximate surface area is 118 Å². The maximum Gasteiger partial charge on any atom is 0.124 e. The van der Waals surface area contributed by atoms with Gasteiger partial charge in [-0.25, -0.2) is 0 Å². The Morgan fingerprint density at radius 2 is 1.60 bits per heavy atom. The molecule has 2 aromatic rings. The number of hydrogen-bond donors (Lipinski definition) is 1. The van der Waals surface area contributed by atoms with Gasteiger partial charge in [-0.1, -0.05) is 42.5 Å². The van der Waals surface area contributed by atoms with E-state index in [9.17, 15) is 0 Å². The van der Waals surface area contributed by atoms with E-state index in [1.165, 1.54) is 16.7 Å². The van der Waals surface area contributed by atoms with Gasteiger partial charge in [0, 0.05) is 5.56 Å². The summed E-state index contributed by atoms with van der Waals surface area (Å²) in [6, 6.07) is 17.2. The summed E-state index contributed by atoms with van der Waals surface area (Å²) >= 11 is 0. The van der Waals surface area contributed by atoms with Crippen LogP contribution in [0.4, 0.5) is 0 Å². The lowest BCUT2D eigenvalue weighted by atomic mass is 9.97. The molecule has 102 valence electrons. The van der Waals surface area contributed by atoms with Gasteiger partial charge in [-0.2, -0.15) is 0 Å². The molecule has 20 heavy (non-hydrogen) atoms. The fourth-order valence-corrected chi connectivity index (χ4v) is 3.06. The SMILES string of the molecule is c1ccc2c(c1)COCC2NC1COc2ccccc21. The fourth-order valence-electron chi connectivity index (χ4n) is 3.06. The maximum absolute atomic E-state index is 5.74. The van der Waals surface area contributed by atoms with Crippen molar-refractivity contribution in [3.05, 3.63) is 65.2 Å². The molecule has 0 bridgehead atoms. The van der Waals surface area contributed by atoms with Gasteiger partial charge in [0.05, 0.1) is 25.3 Å². The van der Waals surface area contributed by atoms with Crippen LogP contribution in [0, 0.1) is 0 Å². The van der Waals surface area contributed by atoms with Gasteiger partial charge >= 0.3 is 0 Å². The number of fused-ring (bicyclic) bond motifs is 2. The molecule has 2 aromatic carbocycles. The van der Waals surface area contributed by atoms with E-state index in [1.54, 1.807) is 0 Å². The topological polar surface area (TPSA) is 30.5 Å². The van der Waals surface area contributed by atoms with Gasteiger partial charge in [-0.3, -0.25) is 5.32 Å². The summed E-state index contributed by atoms with van der Waals surface area (Å²) in [6.45, 7) is 2.12. The highest BCUT2D eigenvalue weighted by Gasteiger charge is 2.28. The minimum absolute atomic E-state index is 0.236. The molecule has 0 fully saturated rings. The quantitative estimate of drug-likeness (QED) is 0.907. The van der Waals surface area contributed by atoms with Crippen molar-refractivity contribution in [2.75, 3.05) is 13.2 Å². The summed E-state index contributed by atoms with van der Waals surface area (Å²) < 4.78 is 11.4. The van der Waals surface area contributed by atoms with Crippen molar-refractivity contribution in [3.63, 3.8) is 0 Å². The second-order valence-electron chi connectivity index (χ2n) is 5.33. The normalized spacial score (nSPS) is 23.8. The number of para-hydroxylation sites is 1. The average Bonchev–Trinajstić information content (AvgIpc) is 2.91. The highest BCUT2D eigenvalue weighted by Crippen LogP contribution is 2.34. The third-order valence-electron chi connectivity index (χ3n) is 4.07. The predicted molar refractivity (Wildman–Crippen MR) is 76.7 cm³/mol. The zero-order valence-electron chi connectivity index (χ0n) is 11.2. The highest BCUT2D eigenvalue weighted by atomic mass is 16.5. The first kappa shape index (κ1) is 11.9. The summed E-state index contributed by atoms with van der Waals surface area (Å²) in [5.74, 6) is 0.995. The van der Waals surface area contributed by atoms with Gasteiger partial charge in [0.1, 0.15) is 12.4 Å². The molecule has 0 spiro atoms. The lowest BCUT2D eigenvalue weighted by molar-refractivity contribution is 0.0772. The van der Waals surface area contributed by atoms with Gasteiger partial charge < -0.3 is 9.47 Å². The zero-order valence-corrected chi connectivity index (χ0v) is 11.2. The molecule has 2 aliphatic heterocycles. The Morgan fingerprint density at radius 3 is 2.55 bits per heavy atom. The summed E-state index contributed by atoms with van der Waals surface area (Å²) in [7, 11) is 0. The zero-order chi connectivity index (χ0) is 13.4. The van der Waals surface area contributed by atoms with Gasteiger partial charge in [0.15, 0.2) is 0 Å². The van der Waals surface area contributed by atoms with Crippen molar-refractivity contribution in [2.45, 2.75) is 18.7 Å². The third-order valence-corrected chi connectivity index (χ3v) is 4.07. The molecular formula is C17H17NO2. The smallest absolute Gasteiger partial charge is 0.124 e. The van der Waals surface area contributed by atoms with E-state index in [0.29, 0.717) is 13.2 Å². The predicted octanol–water partition coefficient (Wildman–Crippen LogP) is 2.98. The molecule has 0 aromatic heterocycles. The van der Waals surface area contributed by atoms with Crippen LogP contribution in [0.5, 0.6) is 5.75 Å². The molecule has 2 aliphatic rings. The molecule has 2 unspecified atom stereocenters. The summed E-state index contributed by atoms with van der Waals surface area (Å²) in [5, 5.41) is 3.68. The number of ether oxygens (including phenoxy) is 2. The molecule has 0 saturated heterocycles. The second-order valence-corrected chi connectivity index (χ2v) is 5.33. The minimum Gasteiger partial charge on any atom is -0.491 e. The first-order chi connectivity index (χ1) is 9.92. The lowest BCUT2D eigenvalue weighted by Crippen LogP contribution is -2.33. The van der Waals surface area contributed by atoms with Gasteiger partial charge in [0.25, 0.3) is 0 Å². The van der Waals surface area contributed by atoms with Crippen LogP contribution in [0.3, 0.4) is 0 Å². The van der Waals surface area contributed by atoms with Crippen LogP contribution >= 0.6 is 0 Å². The molecule has 0 aliphatic carbocycles. The van der Waals surface area contributed by atoms with Crippen LogP contribution < -0.4 is 10.1 Å². The van der Waals surface area contributed by atoms with Crippen LogP contribution in [-0.4, -0.2) is 13.2 Å². The van der Waals surface area contributed by atoms with Crippen LogP contribution in [0.15, 0.2) is 48.5 Å². The molecule has 2 heterocycles.